The Kier molecular flexibility index (Phi) is 6.82. The summed E-state index contributed by atoms with van der Waals surface area (Å²) >= 11 is 0. The van der Waals surface area contributed by atoms with Crippen molar-refractivity contribution in [3.63, 3.8) is 0 Å². The molecule has 3 rings (SSSR count). The standard InChI is InChI=1S/C18H28N4O3.ClH/c1-4-7-25-16-8-12(5-6-14(16)19)17(23)22-9-13-15(10-22)20-11(2)21(3)18(13)24;/h12,14,16H,4-10,19H2,1-3H3;1H/t12-,14+,16+;/m0./s1. The molecule has 3 atom stereocenters. The molecule has 1 aliphatic heterocycles. The maximum atomic E-state index is 13.0. The van der Waals surface area contributed by atoms with E-state index in [4.69, 9.17) is 10.5 Å². The predicted molar refractivity (Wildman–Crippen MR) is 101 cm³/mol. The summed E-state index contributed by atoms with van der Waals surface area (Å²) in [5.41, 5.74) is 7.49. The van der Waals surface area contributed by atoms with Crippen LogP contribution in [0.5, 0.6) is 0 Å². The SMILES string of the molecule is CCCO[C@@H]1C[C@@H](C(=O)N2Cc3nc(C)n(C)c(=O)c3C2)CC[C@H]1N.Cl. The molecule has 0 unspecified atom stereocenters. The van der Waals surface area contributed by atoms with Crippen molar-refractivity contribution in [1.82, 2.24) is 14.5 Å². The Hall–Kier alpha value is -1.44. The highest BCUT2D eigenvalue weighted by molar-refractivity contribution is 5.85. The largest absolute Gasteiger partial charge is 0.377 e. The molecule has 2 heterocycles. The van der Waals surface area contributed by atoms with E-state index in [9.17, 15) is 9.59 Å². The highest BCUT2D eigenvalue weighted by Gasteiger charge is 2.37. The van der Waals surface area contributed by atoms with Crippen molar-refractivity contribution in [2.75, 3.05) is 6.61 Å². The van der Waals surface area contributed by atoms with E-state index in [0.29, 0.717) is 37.5 Å². The first kappa shape index (κ1) is 20.9. The normalized spacial score (nSPS) is 24.9. The number of carbonyl (C=O) groups excluding carboxylic acids is 1. The van der Waals surface area contributed by atoms with Crippen LogP contribution in [0.3, 0.4) is 0 Å². The van der Waals surface area contributed by atoms with E-state index in [1.807, 2.05) is 6.92 Å². The van der Waals surface area contributed by atoms with Crippen molar-refractivity contribution in [3.05, 3.63) is 27.4 Å². The third-order valence-corrected chi connectivity index (χ3v) is 5.42. The lowest BCUT2D eigenvalue weighted by Gasteiger charge is -2.34. The minimum absolute atomic E-state index is 0. The molecule has 0 radical (unpaired) electrons. The Labute approximate surface area is 160 Å². The molecule has 146 valence electrons. The molecule has 8 heteroatoms. The highest BCUT2D eigenvalue weighted by atomic mass is 35.5. The maximum Gasteiger partial charge on any atom is 0.258 e. The van der Waals surface area contributed by atoms with Crippen molar-refractivity contribution in [2.24, 2.45) is 18.7 Å². The number of carbonyl (C=O) groups is 1. The van der Waals surface area contributed by atoms with Gasteiger partial charge in [-0.05, 0) is 32.6 Å². The summed E-state index contributed by atoms with van der Waals surface area (Å²) in [6, 6.07) is 0.00276. The zero-order valence-corrected chi connectivity index (χ0v) is 16.6. The fourth-order valence-electron chi connectivity index (χ4n) is 3.78. The lowest BCUT2D eigenvalue weighted by atomic mass is 9.83. The quantitative estimate of drug-likeness (QED) is 0.844. The zero-order valence-electron chi connectivity index (χ0n) is 15.7. The number of hydrogen-bond acceptors (Lipinski definition) is 5. The third-order valence-electron chi connectivity index (χ3n) is 5.42. The molecule has 1 aliphatic carbocycles. The maximum absolute atomic E-state index is 13.0. The molecule has 1 aromatic rings. The molecule has 2 N–H and O–H groups in total. The lowest BCUT2D eigenvalue weighted by molar-refractivity contribution is -0.139. The molecule has 26 heavy (non-hydrogen) atoms. The van der Waals surface area contributed by atoms with Crippen molar-refractivity contribution in [3.8, 4) is 0 Å². The van der Waals surface area contributed by atoms with Gasteiger partial charge in [-0.3, -0.25) is 14.2 Å². The van der Waals surface area contributed by atoms with E-state index < -0.39 is 0 Å². The van der Waals surface area contributed by atoms with Crippen molar-refractivity contribution in [1.29, 1.82) is 0 Å². The first-order chi connectivity index (χ1) is 11.9. The van der Waals surface area contributed by atoms with Crippen LogP contribution < -0.4 is 11.3 Å². The van der Waals surface area contributed by atoms with Gasteiger partial charge in [-0.15, -0.1) is 12.4 Å². The second kappa shape index (κ2) is 8.50. The van der Waals surface area contributed by atoms with Gasteiger partial charge in [-0.25, -0.2) is 4.98 Å². The van der Waals surface area contributed by atoms with E-state index in [1.165, 1.54) is 0 Å². The van der Waals surface area contributed by atoms with Gasteiger partial charge in [0, 0.05) is 25.6 Å². The number of nitrogens with two attached hydrogens (primary N) is 1. The Morgan fingerprint density at radius 3 is 2.77 bits per heavy atom. The lowest BCUT2D eigenvalue weighted by Crippen LogP contribution is -2.46. The van der Waals surface area contributed by atoms with Crippen LogP contribution in [0.15, 0.2) is 4.79 Å². The smallest absolute Gasteiger partial charge is 0.258 e. The number of nitrogens with zero attached hydrogens (tertiary/aromatic N) is 3. The number of ether oxygens (including phenoxy) is 1. The van der Waals surface area contributed by atoms with Gasteiger partial charge in [0.05, 0.1) is 30.5 Å². The van der Waals surface area contributed by atoms with E-state index >= 15 is 0 Å². The fraction of sp³-hybridized carbons (Fsp3) is 0.722. The summed E-state index contributed by atoms with van der Waals surface area (Å²) in [6.07, 6.45) is 3.13. The molecule has 2 aliphatic rings. The Balaban J connectivity index is 0.00000243. The van der Waals surface area contributed by atoms with E-state index in [2.05, 4.69) is 11.9 Å². The van der Waals surface area contributed by atoms with Gasteiger partial charge in [0.1, 0.15) is 5.82 Å². The molecule has 1 fully saturated rings. The summed E-state index contributed by atoms with van der Waals surface area (Å²) in [5.74, 6) is 0.686. The summed E-state index contributed by atoms with van der Waals surface area (Å²) in [6.45, 7) is 5.33. The highest BCUT2D eigenvalue weighted by Crippen LogP contribution is 2.30. The Bertz CT molecular complexity index is 721. The average Bonchev–Trinajstić information content (AvgIpc) is 3.02. The van der Waals surface area contributed by atoms with E-state index in [1.54, 1.807) is 16.5 Å². The molecule has 0 aromatic carbocycles. The second-order valence-corrected chi connectivity index (χ2v) is 7.23. The van der Waals surface area contributed by atoms with Gasteiger partial charge in [-0.1, -0.05) is 6.92 Å². The molecule has 0 spiro atoms. The number of aryl methyl sites for hydroxylation is 1. The summed E-state index contributed by atoms with van der Waals surface area (Å²) in [5, 5.41) is 0. The van der Waals surface area contributed by atoms with Crippen LogP contribution in [0.25, 0.3) is 0 Å². The Morgan fingerprint density at radius 1 is 1.35 bits per heavy atom. The first-order valence-corrected chi connectivity index (χ1v) is 9.13. The molecular formula is C18H29ClN4O3. The number of amides is 1. The van der Waals surface area contributed by atoms with Crippen LogP contribution in [0.2, 0.25) is 0 Å². The van der Waals surface area contributed by atoms with Gasteiger partial charge in [0.2, 0.25) is 5.91 Å². The molecule has 0 bridgehead atoms. The van der Waals surface area contributed by atoms with Crippen LogP contribution in [-0.2, 0) is 29.7 Å². The molecule has 7 nitrogen and oxygen atoms in total. The van der Waals surface area contributed by atoms with E-state index in [-0.39, 0.29) is 41.9 Å². The van der Waals surface area contributed by atoms with Gasteiger partial charge < -0.3 is 15.4 Å². The number of aromatic nitrogens is 2. The minimum atomic E-state index is -0.0825. The number of rotatable bonds is 4. The summed E-state index contributed by atoms with van der Waals surface area (Å²) in [4.78, 5) is 31.6. The second-order valence-electron chi connectivity index (χ2n) is 7.23. The predicted octanol–water partition coefficient (Wildman–Crippen LogP) is 1.28. The number of fused-ring (bicyclic) bond motifs is 1. The summed E-state index contributed by atoms with van der Waals surface area (Å²) < 4.78 is 7.38. The van der Waals surface area contributed by atoms with Crippen molar-refractivity contribution < 1.29 is 9.53 Å². The number of halogens is 1. The van der Waals surface area contributed by atoms with Gasteiger partial charge in [-0.2, -0.15) is 0 Å². The van der Waals surface area contributed by atoms with Crippen LogP contribution >= 0.6 is 12.4 Å². The molecule has 0 saturated heterocycles. The monoisotopic (exact) mass is 384 g/mol. The number of hydrogen-bond donors (Lipinski definition) is 1. The zero-order chi connectivity index (χ0) is 18.1. The van der Waals surface area contributed by atoms with Crippen LogP contribution in [0.1, 0.15) is 49.7 Å². The average molecular weight is 385 g/mol. The molecule has 1 saturated carbocycles. The van der Waals surface area contributed by atoms with Gasteiger partial charge in [0.15, 0.2) is 0 Å². The van der Waals surface area contributed by atoms with Gasteiger partial charge in [0.25, 0.3) is 5.56 Å². The van der Waals surface area contributed by atoms with Crippen molar-refractivity contribution >= 4 is 18.3 Å². The summed E-state index contributed by atoms with van der Waals surface area (Å²) in [7, 11) is 1.72. The van der Waals surface area contributed by atoms with Crippen molar-refractivity contribution in [2.45, 2.75) is 64.8 Å². The van der Waals surface area contributed by atoms with Crippen LogP contribution in [0, 0.1) is 12.8 Å². The Morgan fingerprint density at radius 2 is 2.08 bits per heavy atom. The van der Waals surface area contributed by atoms with E-state index in [0.717, 1.165) is 25.0 Å². The minimum Gasteiger partial charge on any atom is -0.377 e. The van der Waals surface area contributed by atoms with Crippen LogP contribution in [0.4, 0.5) is 0 Å². The molecule has 1 aromatic heterocycles. The van der Waals surface area contributed by atoms with Crippen LogP contribution in [-0.4, -0.2) is 39.1 Å². The third kappa shape index (κ3) is 3.94. The topological polar surface area (TPSA) is 90.5 Å². The molecular weight excluding hydrogens is 356 g/mol. The first-order valence-electron chi connectivity index (χ1n) is 9.13. The molecule has 1 amide bonds. The van der Waals surface area contributed by atoms with Gasteiger partial charge >= 0.3 is 0 Å². The fourth-order valence-corrected chi connectivity index (χ4v) is 3.78.